The fourth-order valence-electron chi connectivity index (χ4n) is 5.27. The maximum Gasteiger partial charge on any atom is 0.201 e. The Balaban J connectivity index is 1.64. The Morgan fingerprint density at radius 1 is 0.875 bits per heavy atom. The molecule has 5 rings (SSSR count). The number of morpholine rings is 2. The van der Waals surface area contributed by atoms with Gasteiger partial charge in [-0.2, -0.15) is 0 Å². The molecule has 0 radical (unpaired) electrons. The summed E-state index contributed by atoms with van der Waals surface area (Å²) in [5.41, 5.74) is 5.98. The Morgan fingerprint density at radius 3 is 2.22 bits per heavy atom. The smallest absolute Gasteiger partial charge is 0.201 e. The Hall–Kier alpha value is -2.02. The van der Waals surface area contributed by atoms with Crippen LogP contribution in [0.25, 0.3) is 20.8 Å². The second-order valence-electron chi connectivity index (χ2n) is 9.76. The van der Waals surface area contributed by atoms with Crippen LogP contribution < -0.4 is 14.8 Å². The summed E-state index contributed by atoms with van der Waals surface area (Å²) in [6, 6.07) is 9.23. The van der Waals surface area contributed by atoms with Crippen molar-refractivity contribution >= 4 is 27.2 Å². The third kappa shape index (κ3) is 4.16. The van der Waals surface area contributed by atoms with Gasteiger partial charge in [0.1, 0.15) is 12.2 Å². The minimum Gasteiger partial charge on any atom is -0.372 e. The molecular formula is C26H34N3O2S+. The van der Waals surface area contributed by atoms with Gasteiger partial charge in [-0.3, -0.25) is 0 Å². The van der Waals surface area contributed by atoms with Crippen molar-refractivity contribution in [1.82, 2.24) is 9.56 Å². The molecule has 0 N–H and O–H groups in total. The summed E-state index contributed by atoms with van der Waals surface area (Å²) >= 11 is 1.86. The molecule has 2 saturated heterocycles. The first-order valence-electron chi connectivity index (χ1n) is 11.8. The van der Waals surface area contributed by atoms with Crippen LogP contribution in [0.15, 0.2) is 24.3 Å². The Labute approximate surface area is 194 Å². The monoisotopic (exact) mass is 452 g/mol. The first-order valence-corrected chi connectivity index (χ1v) is 12.6. The highest BCUT2D eigenvalue weighted by Gasteiger charge is 2.26. The van der Waals surface area contributed by atoms with Crippen LogP contribution in [-0.4, -0.2) is 55.6 Å². The average molecular weight is 453 g/mol. The standard InChI is InChI=1S/C26H34N3O2S/c1-15-7-21(28-11-17(3)30-18(4)12-28)9-23-25(15)27-26-16(2)8-22(10-24(26)32-23)29-13-19(5)31-20(6)14-29/h7-10,17-20H,11-14H2,1-6H3/q+1/t17-,18+,19-,20+. The van der Waals surface area contributed by atoms with Crippen LogP contribution in [0.3, 0.4) is 0 Å². The van der Waals surface area contributed by atoms with Crippen molar-refractivity contribution in [2.24, 2.45) is 0 Å². The molecule has 2 fully saturated rings. The SMILES string of the molecule is Cc1cc(=[N+]2C[C@@H](C)O[C@@H](C)C2)cc2sc3cc(N4C[C@@H](C)O[C@@H](C)C4)cc(C)c3nc1-2. The van der Waals surface area contributed by atoms with Gasteiger partial charge in [0.2, 0.25) is 5.36 Å². The van der Waals surface area contributed by atoms with Crippen molar-refractivity contribution in [3.63, 3.8) is 0 Å². The minimum absolute atomic E-state index is 0.247. The van der Waals surface area contributed by atoms with Gasteiger partial charge in [0.25, 0.3) is 0 Å². The molecule has 0 amide bonds. The molecule has 170 valence electrons. The topological polar surface area (TPSA) is 37.6 Å². The molecule has 0 aromatic heterocycles. The summed E-state index contributed by atoms with van der Waals surface area (Å²) < 4.78 is 15.6. The van der Waals surface area contributed by atoms with Crippen molar-refractivity contribution in [3.05, 3.63) is 40.7 Å². The molecule has 0 unspecified atom stereocenters. The number of hydrogen-bond donors (Lipinski definition) is 0. The molecule has 1 aromatic rings. The van der Waals surface area contributed by atoms with Gasteiger partial charge in [-0.25, -0.2) is 9.56 Å². The normalized spacial score (nSPS) is 28.5. The lowest BCUT2D eigenvalue weighted by molar-refractivity contribution is -0.0262. The van der Waals surface area contributed by atoms with Crippen LogP contribution in [0.2, 0.25) is 0 Å². The van der Waals surface area contributed by atoms with Gasteiger partial charge in [-0.1, -0.05) is 0 Å². The average Bonchev–Trinajstić information content (AvgIpc) is 2.71. The van der Waals surface area contributed by atoms with Crippen molar-refractivity contribution in [3.8, 4) is 10.6 Å². The zero-order valence-electron chi connectivity index (χ0n) is 20.0. The molecule has 6 heteroatoms. The highest BCUT2D eigenvalue weighted by Crippen LogP contribution is 2.36. The summed E-state index contributed by atoms with van der Waals surface area (Å²) in [4.78, 5) is 8.84. The quantitative estimate of drug-likeness (QED) is 0.409. The second-order valence-corrected chi connectivity index (χ2v) is 10.8. The van der Waals surface area contributed by atoms with Crippen LogP contribution in [0.5, 0.6) is 0 Å². The first-order chi connectivity index (χ1) is 15.3. The van der Waals surface area contributed by atoms with Crippen molar-refractivity contribution in [2.75, 3.05) is 31.1 Å². The van der Waals surface area contributed by atoms with Crippen LogP contribution in [0.1, 0.15) is 38.8 Å². The van der Waals surface area contributed by atoms with Crippen LogP contribution in [0, 0.1) is 13.8 Å². The third-order valence-electron chi connectivity index (χ3n) is 6.51. The molecule has 5 nitrogen and oxygen atoms in total. The minimum atomic E-state index is 0.247. The van der Waals surface area contributed by atoms with E-state index in [1.807, 2.05) is 11.3 Å². The molecule has 0 bridgehead atoms. The Kier molecular flexibility index (Phi) is 5.72. The number of ether oxygens (including phenoxy) is 2. The number of nitrogens with zero attached hydrogens (tertiary/aromatic N) is 3. The van der Waals surface area contributed by atoms with Crippen LogP contribution in [-0.2, 0) is 9.47 Å². The van der Waals surface area contributed by atoms with E-state index in [-0.39, 0.29) is 24.4 Å². The number of aromatic nitrogens is 1. The lowest BCUT2D eigenvalue weighted by atomic mass is 10.1. The Morgan fingerprint density at radius 2 is 1.53 bits per heavy atom. The van der Waals surface area contributed by atoms with E-state index in [4.69, 9.17) is 14.5 Å². The van der Waals surface area contributed by atoms with Gasteiger partial charge in [-0.05, 0) is 64.8 Å². The molecule has 1 aliphatic carbocycles. The second kappa shape index (κ2) is 8.40. The van der Waals surface area contributed by atoms with Crippen molar-refractivity contribution < 1.29 is 9.47 Å². The maximum atomic E-state index is 5.95. The van der Waals surface area contributed by atoms with Gasteiger partial charge in [0.05, 0.1) is 33.0 Å². The van der Waals surface area contributed by atoms with Gasteiger partial charge in [0.15, 0.2) is 13.1 Å². The molecule has 32 heavy (non-hydrogen) atoms. The lowest BCUT2D eigenvalue weighted by Crippen LogP contribution is -2.47. The van der Waals surface area contributed by atoms with E-state index in [2.05, 4.69) is 75.3 Å². The molecule has 3 aliphatic heterocycles. The lowest BCUT2D eigenvalue weighted by Gasteiger charge is -2.37. The van der Waals surface area contributed by atoms with E-state index in [0.717, 1.165) is 37.4 Å². The van der Waals surface area contributed by atoms with Gasteiger partial charge in [0, 0.05) is 30.9 Å². The zero-order chi connectivity index (χ0) is 22.6. The van der Waals surface area contributed by atoms with Gasteiger partial charge < -0.3 is 14.4 Å². The van der Waals surface area contributed by atoms with E-state index in [9.17, 15) is 0 Å². The number of benzene rings is 2. The number of fused-ring (bicyclic) bond motifs is 2. The predicted octanol–water partition coefficient (Wildman–Crippen LogP) is 4.21. The van der Waals surface area contributed by atoms with Crippen LogP contribution >= 0.6 is 11.3 Å². The first kappa shape index (κ1) is 21.8. The van der Waals surface area contributed by atoms with Gasteiger partial charge >= 0.3 is 0 Å². The van der Waals surface area contributed by atoms with Crippen molar-refractivity contribution in [1.29, 1.82) is 0 Å². The third-order valence-corrected chi connectivity index (χ3v) is 7.58. The zero-order valence-corrected chi connectivity index (χ0v) is 20.8. The van der Waals surface area contributed by atoms with Crippen molar-refractivity contribution in [2.45, 2.75) is 66.0 Å². The number of anilines is 1. The Bertz CT molecular complexity index is 1180. The summed E-state index contributed by atoms with van der Waals surface area (Å²) in [5.74, 6) is 0. The summed E-state index contributed by atoms with van der Waals surface area (Å²) in [5, 5.41) is 1.28. The van der Waals surface area contributed by atoms with E-state index in [1.165, 1.54) is 31.7 Å². The van der Waals surface area contributed by atoms with Gasteiger partial charge in [-0.15, -0.1) is 11.3 Å². The number of aryl methyl sites for hydroxylation is 2. The van der Waals surface area contributed by atoms with E-state index < -0.39 is 0 Å². The largest absolute Gasteiger partial charge is 0.372 e. The molecule has 0 spiro atoms. The molecule has 3 heterocycles. The molecule has 4 aliphatic rings. The summed E-state index contributed by atoms with van der Waals surface area (Å²) in [6.07, 6.45) is 0.988. The summed E-state index contributed by atoms with van der Waals surface area (Å²) in [7, 11) is 0. The number of rotatable bonds is 1. The molecule has 0 saturated carbocycles. The number of hydrogen-bond acceptors (Lipinski definition) is 5. The fraction of sp³-hybridized carbons (Fsp3) is 0.538. The van der Waals surface area contributed by atoms with Crippen LogP contribution in [0.4, 0.5) is 5.69 Å². The maximum absolute atomic E-state index is 5.95. The predicted molar refractivity (Wildman–Crippen MR) is 133 cm³/mol. The van der Waals surface area contributed by atoms with E-state index >= 15 is 0 Å². The van der Waals surface area contributed by atoms with E-state index in [0.29, 0.717) is 0 Å². The van der Waals surface area contributed by atoms with E-state index in [1.54, 1.807) is 0 Å². The highest BCUT2D eigenvalue weighted by atomic mass is 32.1. The summed E-state index contributed by atoms with van der Waals surface area (Å²) in [6.45, 7) is 16.7. The molecular weight excluding hydrogens is 418 g/mol. The molecule has 1 aromatic carbocycles. The highest BCUT2D eigenvalue weighted by molar-refractivity contribution is 7.21. The fourth-order valence-corrected chi connectivity index (χ4v) is 6.48. The molecule has 4 atom stereocenters.